The predicted octanol–water partition coefficient (Wildman–Crippen LogP) is 2.71. The molecule has 1 aromatic carbocycles. The quantitative estimate of drug-likeness (QED) is 0.482. The number of benzene rings is 1. The molecule has 4 heterocycles. The van der Waals surface area contributed by atoms with Gasteiger partial charge in [-0.1, -0.05) is 0 Å². The van der Waals surface area contributed by atoms with Gasteiger partial charge in [-0.05, 0) is 42.8 Å². The number of aromatic nitrogens is 5. The lowest BCUT2D eigenvalue weighted by atomic mass is 10.0. The first-order chi connectivity index (χ1) is 15.7. The lowest BCUT2D eigenvalue weighted by molar-refractivity contribution is 0.0785. The van der Waals surface area contributed by atoms with Crippen LogP contribution in [0, 0.1) is 0 Å². The Morgan fingerprint density at radius 3 is 2.91 bits per heavy atom. The highest BCUT2D eigenvalue weighted by molar-refractivity contribution is 5.93. The van der Waals surface area contributed by atoms with E-state index >= 15 is 0 Å². The summed E-state index contributed by atoms with van der Waals surface area (Å²) in [6.45, 7) is 1.87. The highest BCUT2D eigenvalue weighted by Gasteiger charge is 2.30. The molecule has 0 spiro atoms. The summed E-state index contributed by atoms with van der Waals surface area (Å²) in [6, 6.07) is 11.4. The number of aromatic amines is 1. The Balaban J connectivity index is 1.15. The van der Waals surface area contributed by atoms with Crippen LogP contribution in [0.25, 0.3) is 5.78 Å². The summed E-state index contributed by atoms with van der Waals surface area (Å²) >= 11 is 0. The van der Waals surface area contributed by atoms with Crippen molar-refractivity contribution in [1.29, 1.82) is 0 Å². The number of methoxy groups -OCH3 is 1. The number of carbonyl (C=O) groups excluding carboxylic acids is 1. The molecular weight excluding hydrogens is 408 g/mol. The number of hydrogen-bond donors (Lipinski definition) is 1. The van der Waals surface area contributed by atoms with Crippen LogP contribution in [0.2, 0.25) is 0 Å². The zero-order valence-corrected chi connectivity index (χ0v) is 17.8. The van der Waals surface area contributed by atoms with E-state index in [4.69, 9.17) is 9.47 Å². The minimum atomic E-state index is -0.0679. The van der Waals surface area contributed by atoms with Gasteiger partial charge in [0.05, 0.1) is 19.4 Å². The van der Waals surface area contributed by atoms with Gasteiger partial charge < -0.3 is 14.4 Å². The van der Waals surface area contributed by atoms with Gasteiger partial charge in [-0.15, -0.1) is 0 Å². The van der Waals surface area contributed by atoms with E-state index in [-0.39, 0.29) is 11.8 Å². The van der Waals surface area contributed by atoms with Crippen LogP contribution in [0.3, 0.4) is 0 Å². The smallest absolute Gasteiger partial charge is 0.274 e. The molecule has 1 atom stereocenters. The number of H-pyrrole nitrogens is 1. The number of ether oxygens (including phenoxy) is 2. The highest BCUT2D eigenvalue weighted by Crippen LogP contribution is 2.27. The number of likely N-dealkylation sites (tertiary alicyclic amines) is 1. The van der Waals surface area contributed by atoms with Crippen molar-refractivity contribution >= 4 is 11.7 Å². The molecule has 1 aliphatic heterocycles. The third-order valence-corrected chi connectivity index (χ3v) is 5.70. The number of carbonyl (C=O) groups is 1. The van der Waals surface area contributed by atoms with Crippen LogP contribution in [-0.2, 0) is 6.42 Å². The Morgan fingerprint density at radius 1 is 1.25 bits per heavy atom. The molecule has 0 radical (unpaired) electrons. The average molecular weight is 432 g/mol. The van der Waals surface area contributed by atoms with E-state index in [1.807, 2.05) is 41.4 Å². The van der Waals surface area contributed by atoms with Crippen molar-refractivity contribution in [1.82, 2.24) is 29.5 Å². The average Bonchev–Trinajstić information content (AvgIpc) is 3.58. The van der Waals surface area contributed by atoms with Crippen molar-refractivity contribution in [3.63, 3.8) is 0 Å². The minimum absolute atomic E-state index is 0.0679. The van der Waals surface area contributed by atoms with E-state index < -0.39 is 0 Å². The fourth-order valence-corrected chi connectivity index (χ4v) is 3.95. The molecule has 1 N–H and O–H groups in total. The van der Waals surface area contributed by atoms with Crippen LogP contribution in [0.1, 0.15) is 34.2 Å². The summed E-state index contributed by atoms with van der Waals surface area (Å²) in [6.07, 6.45) is 6.84. The molecule has 32 heavy (non-hydrogen) atoms. The molecule has 9 nitrogen and oxygen atoms in total. The Kier molecular flexibility index (Phi) is 5.45. The predicted molar refractivity (Wildman–Crippen MR) is 117 cm³/mol. The molecule has 1 aliphatic rings. The van der Waals surface area contributed by atoms with E-state index in [1.54, 1.807) is 23.9 Å². The fraction of sp³-hybridized carbons (Fsp3) is 0.304. The zero-order valence-electron chi connectivity index (χ0n) is 17.8. The maximum atomic E-state index is 12.9. The van der Waals surface area contributed by atoms with Gasteiger partial charge in [-0.3, -0.25) is 14.3 Å². The van der Waals surface area contributed by atoms with Gasteiger partial charge >= 0.3 is 0 Å². The Bertz CT molecular complexity index is 1180. The van der Waals surface area contributed by atoms with Crippen molar-refractivity contribution in [2.24, 2.45) is 0 Å². The number of hydrogen-bond acceptors (Lipinski definition) is 6. The van der Waals surface area contributed by atoms with E-state index in [0.717, 1.165) is 35.7 Å². The van der Waals surface area contributed by atoms with Gasteiger partial charge in [0, 0.05) is 49.7 Å². The molecule has 1 amide bonds. The van der Waals surface area contributed by atoms with Crippen molar-refractivity contribution < 1.29 is 14.3 Å². The first kappa shape index (κ1) is 20.0. The molecule has 164 valence electrons. The standard InChI is InChI=1S/C23H24N6O3/c1-31-18-3-5-19(6-4-18)32-12-8-17-13-20(27-26-17)16-7-11-28(14-16)22(30)21-15-29-10-2-9-24-23(29)25-21/h2-6,9-10,13,15-16H,7-8,11-12,14H2,1H3,(H,26,27). The third kappa shape index (κ3) is 4.14. The van der Waals surface area contributed by atoms with E-state index in [1.165, 1.54) is 0 Å². The molecule has 9 heteroatoms. The second-order valence-corrected chi connectivity index (χ2v) is 7.78. The number of amides is 1. The minimum Gasteiger partial charge on any atom is -0.497 e. The topological polar surface area (TPSA) is 97.6 Å². The van der Waals surface area contributed by atoms with Crippen LogP contribution in [0.4, 0.5) is 0 Å². The van der Waals surface area contributed by atoms with Crippen LogP contribution in [0.15, 0.2) is 55.0 Å². The first-order valence-electron chi connectivity index (χ1n) is 10.6. The van der Waals surface area contributed by atoms with Gasteiger partial charge in [-0.2, -0.15) is 5.10 Å². The summed E-state index contributed by atoms with van der Waals surface area (Å²) < 4.78 is 12.7. The molecule has 0 aliphatic carbocycles. The molecule has 1 saturated heterocycles. The number of rotatable bonds is 7. The molecule has 0 saturated carbocycles. The summed E-state index contributed by atoms with van der Waals surface area (Å²) in [7, 11) is 1.64. The molecule has 1 fully saturated rings. The molecule has 3 aromatic heterocycles. The van der Waals surface area contributed by atoms with Crippen LogP contribution in [-0.4, -0.2) is 62.2 Å². The Labute approximate surface area is 185 Å². The summed E-state index contributed by atoms with van der Waals surface area (Å²) in [5.74, 6) is 2.28. The Hall–Kier alpha value is -3.88. The zero-order chi connectivity index (χ0) is 21.9. The molecule has 5 rings (SSSR count). The van der Waals surface area contributed by atoms with Crippen molar-refractivity contribution in [2.75, 3.05) is 26.8 Å². The number of fused-ring (bicyclic) bond motifs is 1. The summed E-state index contributed by atoms with van der Waals surface area (Å²) in [5, 5.41) is 7.59. The number of nitrogens with zero attached hydrogens (tertiary/aromatic N) is 5. The summed E-state index contributed by atoms with van der Waals surface area (Å²) in [4.78, 5) is 23.2. The van der Waals surface area contributed by atoms with Crippen molar-refractivity contribution in [2.45, 2.75) is 18.8 Å². The van der Waals surface area contributed by atoms with E-state index in [9.17, 15) is 4.79 Å². The van der Waals surface area contributed by atoms with Crippen LogP contribution < -0.4 is 9.47 Å². The molecular formula is C23H24N6O3. The molecule has 0 bridgehead atoms. The number of imidazole rings is 1. The fourth-order valence-electron chi connectivity index (χ4n) is 3.95. The first-order valence-corrected chi connectivity index (χ1v) is 10.6. The van der Waals surface area contributed by atoms with E-state index in [0.29, 0.717) is 31.2 Å². The van der Waals surface area contributed by atoms with Crippen molar-refractivity contribution in [3.05, 3.63) is 72.1 Å². The van der Waals surface area contributed by atoms with Gasteiger partial charge in [0.25, 0.3) is 5.91 Å². The largest absolute Gasteiger partial charge is 0.497 e. The highest BCUT2D eigenvalue weighted by atomic mass is 16.5. The second kappa shape index (κ2) is 8.70. The van der Waals surface area contributed by atoms with Crippen molar-refractivity contribution in [3.8, 4) is 11.5 Å². The lowest BCUT2D eigenvalue weighted by Gasteiger charge is -2.14. The molecule has 4 aromatic rings. The monoisotopic (exact) mass is 432 g/mol. The van der Waals surface area contributed by atoms with Gasteiger partial charge in [-0.25, -0.2) is 9.97 Å². The van der Waals surface area contributed by atoms with Gasteiger partial charge in [0.1, 0.15) is 17.2 Å². The number of nitrogens with one attached hydrogen (secondary N) is 1. The normalized spacial score (nSPS) is 15.9. The maximum Gasteiger partial charge on any atom is 0.274 e. The maximum absolute atomic E-state index is 12.9. The van der Waals surface area contributed by atoms with Crippen LogP contribution >= 0.6 is 0 Å². The SMILES string of the molecule is COc1ccc(OCCc2cc(C3CCN(C(=O)c4cn5cccnc5n4)C3)n[nH]2)cc1. The van der Waals surface area contributed by atoms with Gasteiger partial charge in [0.2, 0.25) is 5.78 Å². The lowest BCUT2D eigenvalue weighted by Crippen LogP contribution is -2.28. The van der Waals surface area contributed by atoms with E-state index in [2.05, 4.69) is 26.2 Å². The second-order valence-electron chi connectivity index (χ2n) is 7.78. The Morgan fingerprint density at radius 2 is 2.09 bits per heavy atom. The molecule has 1 unspecified atom stereocenters. The third-order valence-electron chi connectivity index (χ3n) is 5.70. The van der Waals surface area contributed by atoms with Crippen LogP contribution in [0.5, 0.6) is 11.5 Å². The van der Waals surface area contributed by atoms with Gasteiger partial charge in [0.15, 0.2) is 0 Å². The summed E-state index contributed by atoms with van der Waals surface area (Å²) in [5.41, 5.74) is 2.42.